The summed E-state index contributed by atoms with van der Waals surface area (Å²) in [5, 5.41) is 0. The van der Waals surface area contributed by atoms with Gasteiger partial charge >= 0.3 is 0 Å². The molecule has 0 saturated carbocycles. The molecular formula is C112H92N8O8. The van der Waals surface area contributed by atoms with Crippen molar-refractivity contribution in [3.05, 3.63) is 337 Å². The summed E-state index contributed by atoms with van der Waals surface area (Å²) in [7, 11) is 0. The molecule has 0 atom stereocenters. The minimum absolute atomic E-state index is 0.486. The summed E-state index contributed by atoms with van der Waals surface area (Å²) in [5.74, 6) is 6.07. The van der Waals surface area contributed by atoms with E-state index in [-0.39, 0.29) is 0 Å². The Kier molecular flexibility index (Phi) is 22.7. The quantitative estimate of drug-likeness (QED) is 0.105. The van der Waals surface area contributed by atoms with Gasteiger partial charge in [-0.05, 0) is 290 Å². The van der Waals surface area contributed by atoms with Crippen LogP contribution in [0.15, 0.2) is 291 Å². The highest BCUT2D eigenvalue weighted by molar-refractivity contribution is 6.03. The van der Waals surface area contributed by atoms with Crippen LogP contribution in [-0.2, 0) is 0 Å². The van der Waals surface area contributed by atoms with E-state index >= 15 is 0 Å². The van der Waals surface area contributed by atoms with Gasteiger partial charge in [0.15, 0.2) is 0 Å². The van der Waals surface area contributed by atoms with Crippen LogP contribution in [-0.4, -0.2) is 92.7 Å². The maximum absolute atomic E-state index is 6.49. The minimum Gasteiger partial charge on any atom is -0.493 e. The Morgan fingerprint density at radius 3 is 0.383 bits per heavy atom. The standard InChI is InChI=1S/C112H92N8O8/c1-2-10-66-122-82-35-19-74(20-36-82)106-91-53-55-95(115-91)109-77-25-41-85(42-26-77)125-69-13-5-3-11-67-123-83-37-21-75(22-38-83)107-93-51-49-89(113-93)105(73-17-33-81(34-18-73)121-65-9-1)90-50-52-94(114-90)108-76-23-39-84(40-24-76)124-68-12-4-6-14-70-126-86-43-27-78(28-44-86)110(96-56-54-92(106)116-96)100-62-64-104(120-100)112(103-63-61-99(109)119-103)80-31-47-88(48-32-80)128-72-16-8-7-15-71-127-87-45-29-79(30-46-87)111(101-59-57-97(107)117-101)102-60-58-98(108)118-102/h1-8,17-64,113,115,118,120H,9-16,65-72H2/b2-1-,5-3-,6-4-,8-7?,105-89?,105-90?,106-91?,106-92?,107-93?,107-97?,108-94?,108-98?,109-95?,109-99?,110-96?,110-100?,111-101?,111-102?,112-103?,112-104?. The van der Waals surface area contributed by atoms with Crippen molar-refractivity contribution in [1.29, 1.82) is 0 Å². The number of nitrogens with zero attached hydrogens (tertiary/aromatic N) is 4. The first-order valence-electron chi connectivity index (χ1n) is 44.2. The molecule has 8 aromatic carbocycles. The molecule has 16 nitrogen and oxygen atoms in total. The minimum atomic E-state index is 0.486. The smallest absolute Gasteiger partial charge is 0.119 e. The van der Waals surface area contributed by atoms with Crippen molar-refractivity contribution in [3.8, 4) is 135 Å². The molecule has 38 heterocycles. The molecule has 0 spiro atoms. The van der Waals surface area contributed by atoms with Crippen molar-refractivity contribution < 1.29 is 37.9 Å². The van der Waals surface area contributed by atoms with Crippen LogP contribution in [0, 0.1) is 0 Å². The molecule has 128 heavy (non-hydrogen) atoms. The third kappa shape index (κ3) is 17.3. The number of hydrogen-bond donors (Lipinski definition) is 4. The van der Waals surface area contributed by atoms with E-state index in [1.807, 2.05) is 0 Å². The Morgan fingerprint density at radius 1 is 0.148 bits per heavy atom. The molecule has 0 unspecified atom stereocenters. The molecular weight excluding hydrogens is 1590 g/mol. The fourth-order valence-electron chi connectivity index (χ4n) is 17.5. The predicted octanol–water partition coefficient (Wildman–Crippen LogP) is 27.1. The third-order valence-corrected chi connectivity index (χ3v) is 23.7. The highest BCUT2D eigenvalue weighted by Crippen LogP contribution is 2.44. The molecule has 628 valence electrons. The van der Waals surface area contributed by atoms with E-state index in [1.165, 1.54) is 0 Å². The largest absolute Gasteiger partial charge is 0.493 e. The molecule has 0 amide bonds. The average Bonchev–Trinajstić information content (AvgIpc) is 1.61. The Balaban J connectivity index is 0.744. The first-order chi connectivity index (χ1) is 63.4. The molecule has 0 fully saturated rings. The van der Waals surface area contributed by atoms with E-state index in [0.29, 0.717) is 104 Å². The number of hydrogen-bond acceptors (Lipinski definition) is 12. The Labute approximate surface area is 742 Å². The number of ether oxygens (including phenoxy) is 8. The van der Waals surface area contributed by atoms with Gasteiger partial charge in [0.25, 0.3) is 0 Å². The lowest BCUT2D eigenvalue weighted by molar-refractivity contribution is 0.321. The summed E-state index contributed by atoms with van der Waals surface area (Å²) in [6.45, 7) is 3.89. The predicted molar refractivity (Wildman–Crippen MR) is 519 cm³/mol. The van der Waals surface area contributed by atoms with Crippen LogP contribution in [0.3, 0.4) is 0 Å². The number of H-pyrrole nitrogens is 4. The molecule has 46 rings (SSSR count). The fourth-order valence-corrected chi connectivity index (χ4v) is 17.5. The van der Waals surface area contributed by atoms with Gasteiger partial charge in [0.2, 0.25) is 0 Å². The molecule has 4 N–H and O–H groups in total. The van der Waals surface area contributed by atoms with Gasteiger partial charge in [0, 0.05) is 88.6 Å². The highest BCUT2D eigenvalue weighted by atomic mass is 16.5. The van der Waals surface area contributed by atoms with Crippen molar-refractivity contribution in [1.82, 2.24) is 39.9 Å². The second-order valence-electron chi connectivity index (χ2n) is 32.2. The van der Waals surface area contributed by atoms with Crippen molar-refractivity contribution in [2.75, 3.05) is 52.9 Å². The summed E-state index contributed by atoms with van der Waals surface area (Å²) in [4.78, 5) is 38.5. The zero-order valence-corrected chi connectivity index (χ0v) is 70.7. The van der Waals surface area contributed by atoms with Crippen molar-refractivity contribution in [3.63, 3.8) is 0 Å². The van der Waals surface area contributed by atoms with E-state index in [9.17, 15) is 0 Å². The monoisotopic (exact) mass is 1680 g/mol. The SMILES string of the molecule is C1=CCCOc2ccc(cc2)-c2c3nc(c4c5ccc([nH]5)c5c6nc(c(c7ccc2[nH]7)-c2ccc(cc2)OCC/C=C\CCOc2ccc(cc2)-c2c7nc(c(c8ccc([nH]8)c(c8nc(c(c9ccc2[nH]9)-c2ccc(cc2)OCC1)C=C8)-c1ccc(cc1)OCC/C=C\CCOc1ccc-4cc1)-c1ccc(cc1)OCC/C=C\CCOc1ccc-5cc1)C=C7)C=C6)C=C3. The second kappa shape index (κ2) is 36.6. The summed E-state index contributed by atoms with van der Waals surface area (Å²) in [6.07, 6.45) is 40.0. The van der Waals surface area contributed by atoms with Crippen molar-refractivity contribution in [2.24, 2.45) is 0 Å². The molecule has 40 bridgehead atoms. The van der Waals surface area contributed by atoms with Crippen molar-refractivity contribution in [2.45, 2.75) is 51.4 Å². The lowest BCUT2D eigenvalue weighted by Crippen LogP contribution is -1.97. The zero-order valence-electron chi connectivity index (χ0n) is 70.7. The van der Waals surface area contributed by atoms with Crippen LogP contribution < -0.4 is 37.9 Å². The lowest BCUT2D eigenvalue weighted by atomic mass is 10.0. The molecule has 6 aromatic heterocycles. The van der Waals surface area contributed by atoms with Gasteiger partial charge in [-0.2, -0.15) is 0 Å². The number of rotatable bonds is 0. The maximum Gasteiger partial charge on any atom is 0.119 e. The second-order valence-corrected chi connectivity index (χ2v) is 32.2. The van der Waals surface area contributed by atoms with Crippen LogP contribution in [0.1, 0.15) is 96.9 Å². The Hall–Kier alpha value is -15.7. The molecule has 14 aromatic rings. The van der Waals surface area contributed by atoms with Gasteiger partial charge in [-0.3, -0.25) is 0 Å². The average molecular weight is 1680 g/mol. The van der Waals surface area contributed by atoms with E-state index in [4.69, 9.17) is 57.8 Å². The molecule has 0 aliphatic carbocycles. The van der Waals surface area contributed by atoms with E-state index < -0.39 is 0 Å². The van der Waals surface area contributed by atoms with Gasteiger partial charge in [-0.25, -0.2) is 19.9 Å². The van der Waals surface area contributed by atoms with E-state index in [1.54, 1.807) is 0 Å². The number of aromatic amines is 4. The zero-order chi connectivity index (χ0) is 85.3. The first kappa shape index (κ1) is 79.5. The summed E-state index contributed by atoms with van der Waals surface area (Å²) < 4.78 is 51.9. The topological polar surface area (TPSA) is 189 Å². The normalized spacial score (nSPS) is 15.4. The highest BCUT2D eigenvalue weighted by Gasteiger charge is 2.24. The maximum atomic E-state index is 6.49. The number of nitrogens with one attached hydrogen (secondary N) is 4. The van der Waals surface area contributed by atoms with Gasteiger partial charge in [-0.1, -0.05) is 146 Å². The number of aromatic nitrogens is 8. The van der Waals surface area contributed by atoms with Crippen LogP contribution in [0.25, 0.3) is 182 Å². The lowest BCUT2D eigenvalue weighted by Gasteiger charge is -2.10. The van der Waals surface area contributed by atoms with Gasteiger partial charge < -0.3 is 57.8 Å². The van der Waals surface area contributed by atoms with E-state index in [2.05, 4.69) is 360 Å². The van der Waals surface area contributed by atoms with Gasteiger partial charge in [0.1, 0.15) is 46.0 Å². The molecule has 32 aliphatic rings. The van der Waals surface area contributed by atoms with Crippen LogP contribution in [0.2, 0.25) is 0 Å². The summed E-state index contributed by atoms with van der Waals surface area (Å²) in [5.41, 5.74) is 28.2. The first-order valence-corrected chi connectivity index (χ1v) is 44.2. The third-order valence-electron chi connectivity index (χ3n) is 23.7. The Bertz CT molecular complexity index is 5870. The van der Waals surface area contributed by atoms with Crippen LogP contribution in [0.5, 0.6) is 46.0 Å². The van der Waals surface area contributed by atoms with E-state index in [0.717, 1.165) is 225 Å². The molecule has 16 heteroatoms. The summed E-state index contributed by atoms with van der Waals surface area (Å²) >= 11 is 0. The molecule has 0 radical (unpaired) electrons. The molecule has 0 saturated heterocycles. The number of benzene rings is 8. The van der Waals surface area contributed by atoms with Gasteiger partial charge in [-0.15, -0.1) is 0 Å². The Morgan fingerprint density at radius 2 is 0.266 bits per heavy atom. The van der Waals surface area contributed by atoms with Crippen LogP contribution in [0.4, 0.5) is 0 Å². The van der Waals surface area contributed by atoms with Gasteiger partial charge in [0.05, 0.1) is 98.4 Å². The molecule has 32 aliphatic heterocycles. The fraction of sp³-hybridized carbons (Fsp3) is 0.143. The summed E-state index contributed by atoms with van der Waals surface area (Å²) in [6, 6.07) is 84.1. The van der Waals surface area contributed by atoms with Crippen molar-refractivity contribution >= 4 is 92.7 Å². The van der Waals surface area contributed by atoms with Crippen LogP contribution >= 0.6 is 0 Å².